The smallest absolute Gasteiger partial charge is 0.224 e. The summed E-state index contributed by atoms with van der Waals surface area (Å²) in [6.45, 7) is 1.03. The number of rotatable bonds is 5. The molecule has 0 aliphatic heterocycles. The van der Waals surface area contributed by atoms with E-state index in [9.17, 15) is 4.79 Å². The van der Waals surface area contributed by atoms with Gasteiger partial charge in [0.05, 0.1) is 6.42 Å². The van der Waals surface area contributed by atoms with Crippen molar-refractivity contribution in [2.75, 3.05) is 18.9 Å². The fourth-order valence-electron chi connectivity index (χ4n) is 2.75. The summed E-state index contributed by atoms with van der Waals surface area (Å²) in [5.74, 6) is 0.855. The summed E-state index contributed by atoms with van der Waals surface area (Å²) in [5, 5.41) is 6.21. The number of nitrogens with one attached hydrogen (secondary N) is 2. The van der Waals surface area contributed by atoms with Gasteiger partial charge >= 0.3 is 0 Å². The quantitative estimate of drug-likeness (QED) is 0.854. The minimum absolute atomic E-state index is 0.0620. The van der Waals surface area contributed by atoms with Gasteiger partial charge in [0.2, 0.25) is 5.91 Å². The van der Waals surface area contributed by atoms with Crippen molar-refractivity contribution in [3.63, 3.8) is 0 Å². The van der Waals surface area contributed by atoms with Crippen molar-refractivity contribution in [3.05, 3.63) is 29.8 Å². The third-order valence-electron chi connectivity index (χ3n) is 3.95. The van der Waals surface area contributed by atoms with Gasteiger partial charge in [0.1, 0.15) is 0 Å². The SMILES string of the molecule is CNC(=O)Cc1ccccc1NCC1CCCCC1. The molecule has 0 radical (unpaired) electrons. The number of para-hydroxylation sites is 1. The molecule has 2 rings (SSSR count). The summed E-state index contributed by atoms with van der Waals surface area (Å²) in [4.78, 5) is 11.5. The largest absolute Gasteiger partial charge is 0.385 e. The Morgan fingerprint density at radius 1 is 1.21 bits per heavy atom. The van der Waals surface area contributed by atoms with Crippen LogP contribution in [0.4, 0.5) is 5.69 Å². The molecule has 0 heterocycles. The van der Waals surface area contributed by atoms with Crippen molar-refractivity contribution in [1.82, 2.24) is 5.32 Å². The molecule has 1 aliphatic carbocycles. The lowest BCUT2D eigenvalue weighted by atomic mass is 9.89. The van der Waals surface area contributed by atoms with Gasteiger partial charge in [-0.3, -0.25) is 4.79 Å². The highest BCUT2D eigenvalue weighted by molar-refractivity contribution is 5.80. The van der Waals surface area contributed by atoms with E-state index in [1.807, 2.05) is 18.2 Å². The molecule has 0 saturated heterocycles. The number of anilines is 1. The Morgan fingerprint density at radius 3 is 2.68 bits per heavy atom. The van der Waals surface area contributed by atoms with Gasteiger partial charge < -0.3 is 10.6 Å². The predicted octanol–water partition coefficient (Wildman–Crippen LogP) is 2.97. The zero-order valence-corrected chi connectivity index (χ0v) is 11.7. The maximum Gasteiger partial charge on any atom is 0.224 e. The minimum atomic E-state index is 0.0620. The van der Waals surface area contributed by atoms with Crippen LogP contribution in [0.25, 0.3) is 0 Å². The van der Waals surface area contributed by atoms with Crippen molar-refractivity contribution in [1.29, 1.82) is 0 Å². The average molecular weight is 260 g/mol. The highest BCUT2D eigenvalue weighted by atomic mass is 16.1. The summed E-state index contributed by atoms with van der Waals surface area (Å²) in [7, 11) is 1.68. The first-order chi connectivity index (χ1) is 9.29. The molecule has 3 nitrogen and oxygen atoms in total. The molecule has 1 aromatic rings. The molecule has 0 spiro atoms. The molecule has 1 fully saturated rings. The molecular weight excluding hydrogens is 236 g/mol. The maximum absolute atomic E-state index is 11.5. The molecule has 0 atom stereocenters. The van der Waals surface area contributed by atoms with E-state index < -0.39 is 0 Å². The first kappa shape index (κ1) is 13.9. The molecular formula is C16H24N2O. The Kier molecular flexibility index (Phi) is 5.25. The third kappa shape index (κ3) is 4.27. The molecule has 2 N–H and O–H groups in total. The van der Waals surface area contributed by atoms with Gasteiger partial charge in [0.25, 0.3) is 0 Å². The van der Waals surface area contributed by atoms with E-state index in [1.165, 1.54) is 32.1 Å². The number of benzene rings is 1. The Hall–Kier alpha value is -1.51. The van der Waals surface area contributed by atoms with Crippen LogP contribution in [0.3, 0.4) is 0 Å². The molecule has 0 bridgehead atoms. The van der Waals surface area contributed by atoms with Gasteiger partial charge in [0, 0.05) is 19.3 Å². The molecule has 0 unspecified atom stereocenters. The average Bonchev–Trinajstić information content (AvgIpc) is 2.47. The molecule has 104 valence electrons. The molecule has 19 heavy (non-hydrogen) atoms. The molecule has 1 aromatic carbocycles. The Morgan fingerprint density at radius 2 is 1.95 bits per heavy atom. The Labute approximate surface area is 115 Å². The van der Waals surface area contributed by atoms with Crippen molar-refractivity contribution in [2.45, 2.75) is 38.5 Å². The Balaban J connectivity index is 1.93. The van der Waals surface area contributed by atoms with E-state index in [2.05, 4.69) is 16.7 Å². The number of likely N-dealkylation sites (N-methyl/N-ethyl adjacent to an activating group) is 1. The molecule has 0 aromatic heterocycles. The Bertz CT molecular complexity index is 411. The number of hydrogen-bond acceptors (Lipinski definition) is 2. The van der Waals surface area contributed by atoms with Crippen LogP contribution in [0.15, 0.2) is 24.3 Å². The second-order valence-electron chi connectivity index (χ2n) is 5.39. The predicted molar refractivity (Wildman–Crippen MR) is 79.3 cm³/mol. The summed E-state index contributed by atoms with van der Waals surface area (Å²) >= 11 is 0. The lowest BCUT2D eigenvalue weighted by Crippen LogP contribution is -2.22. The minimum Gasteiger partial charge on any atom is -0.385 e. The van der Waals surface area contributed by atoms with Crippen molar-refractivity contribution in [3.8, 4) is 0 Å². The van der Waals surface area contributed by atoms with Gasteiger partial charge in [0.15, 0.2) is 0 Å². The van der Waals surface area contributed by atoms with Gasteiger partial charge in [-0.1, -0.05) is 37.5 Å². The fourth-order valence-corrected chi connectivity index (χ4v) is 2.75. The first-order valence-electron chi connectivity index (χ1n) is 7.32. The topological polar surface area (TPSA) is 41.1 Å². The monoisotopic (exact) mass is 260 g/mol. The lowest BCUT2D eigenvalue weighted by molar-refractivity contribution is -0.119. The number of hydrogen-bond donors (Lipinski definition) is 2. The first-order valence-corrected chi connectivity index (χ1v) is 7.32. The van der Waals surface area contributed by atoms with Crippen LogP contribution in [-0.2, 0) is 11.2 Å². The third-order valence-corrected chi connectivity index (χ3v) is 3.95. The van der Waals surface area contributed by atoms with Crippen LogP contribution in [0.1, 0.15) is 37.7 Å². The van der Waals surface area contributed by atoms with Gasteiger partial charge in [-0.2, -0.15) is 0 Å². The number of amides is 1. The van der Waals surface area contributed by atoms with Crippen molar-refractivity contribution < 1.29 is 4.79 Å². The van der Waals surface area contributed by atoms with Crippen LogP contribution in [0.5, 0.6) is 0 Å². The van der Waals surface area contributed by atoms with Crippen molar-refractivity contribution in [2.24, 2.45) is 5.92 Å². The second kappa shape index (κ2) is 7.17. The van der Waals surface area contributed by atoms with Crippen LogP contribution >= 0.6 is 0 Å². The summed E-state index contributed by atoms with van der Waals surface area (Å²) < 4.78 is 0. The highest BCUT2D eigenvalue weighted by Gasteiger charge is 2.14. The van der Waals surface area contributed by atoms with E-state index in [1.54, 1.807) is 7.05 Å². The summed E-state index contributed by atoms with van der Waals surface area (Å²) in [5.41, 5.74) is 2.19. The van der Waals surface area contributed by atoms with Gasteiger partial charge in [-0.05, 0) is 30.4 Å². The highest BCUT2D eigenvalue weighted by Crippen LogP contribution is 2.24. The standard InChI is InChI=1S/C16H24N2O/c1-17-16(19)11-14-9-5-6-10-15(14)18-12-13-7-3-2-4-8-13/h5-6,9-10,13,18H,2-4,7-8,11-12H2,1H3,(H,17,19). The van der Waals surface area contributed by atoms with E-state index in [-0.39, 0.29) is 5.91 Å². The molecule has 3 heteroatoms. The summed E-state index contributed by atoms with van der Waals surface area (Å²) in [6, 6.07) is 8.11. The fraction of sp³-hybridized carbons (Fsp3) is 0.562. The maximum atomic E-state index is 11.5. The van der Waals surface area contributed by atoms with Crippen LogP contribution in [0.2, 0.25) is 0 Å². The molecule has 1 aliphatic rings. The van der Waals surface area contributed by atoms with Gasteiger partial charge in [-0.15, -0.1) is 0 Å². The zero-order chi connectivity index (χ0) is 13.5. The number of carbonyl (C=O) groups excluding carboxylic acids is 1. The summed E-state index contributed by atoms with van der Waals surface area (Å²) in [6.07, 6.45) is 7.25. The van der Waals surface area contributed by atoms with E-state index >= 15 is 0 Å². The number of carbonyl (C=O) groups is 1. The van der Waals surface area contributed by atoms with E-state index in [0.29, 0.717) is 6.42 Å². The van der Waals surface area contributed by atoms with Crippen LogP contribution < -0.4 is 10.6 Å². The van der Waals surface area contributed by atoms with E-state index in [0.717, 1.165) is 23.7 Å². The second-order valence-corrected chi connectivity index (χ2v) is 5.39. The van der Waals surface area contributed by atoms with E-state index in [4.69, 9.17) is 0 Å². The lowest BCUT2D eigenvalue weighted by Gasteiger charge is -2.23. The molecule has 1 saturated carbocycles. The van der Waals surface area contributed by atoms with Gasteiger partial charge in [-0.25, -0.2) is 0 Å². The van der Waals surface area contributed by atoms with Crippen LogP contribution in [0, 0.1) is 5.92 Å². The van der Waals surface area contributed by atoms with Crippen LogP contribution in [-0.4, -0.2) is 19.5 Å². The zero-order valence-electron chi connectivity index (χ0n) is 11.7. The molecule has 1 amide bonds. The normalized spacial score (nSPS) is 16.1. The van der Waals surface area contributed by atoms with Crippen molar-refractivity contribution >= 4 is 11.6 Å².